The van der Waals surface area contributed by atoms with Gasteiger partial charge in [-0.1, -0.05) is 12.1 Å². The van der Waals surface area contributed by atoms with Crippen molar-refractivity contribution in [2.24, 2.45) is 4.99 Å². The maximum Gasteiger partial charge on any atom is 0.408 e. The zero-order chi connectivity index (χ0) is 22.2. The summed E-state index contributed by atoms with van der Waals surface area (Å²) in [6.45, 7) is 10.2. The van der Waals surface area contributed by atoms with Crippen LogP contribution in [0, 0.1) is 5.82 Å². The first-order valence-corrected chi connectivity index (χ1v) is 9.70. The number of ether oxygens (including phenoxy) is 1. The standard InChI is InChI=1S/C21H36FN5O2.HI/c1-20(2,3)29-19(28)26-21(4,5)14-25-18(23-6)24-13-17(27(7)8)15-10-9-11-16(22)12-15;/h9-12,17H,13-14H2,1-8H3,(H,26,28)(H2,23,24,25);1H. The van der Waals surface area contributed by atoms with E-state index in [4.69, 9.17) is 4.74 Å². The minimum atomic E-state index is -0.552. The summed E-state index contributed by atoms with van der Waals surface area (Å²) < 4.78 is 18.9. The normalized spacial score (nSPS) is 13.3. The molecule has 1 amide bonds. The summed E-state index contributed by atoms with van der Waals surface area (Å²) >= 11 is 0. The summed E-state index contributed by atoms with van der Waals surface area (Å²) in [7, 11) is 5.57. The second-order valence-electron chi connectivity index (χ2n) is 8.85. The number of carbonyl (C=O) groups excluding carboxylic acids is 1. The van der Waals surface area contributed by atoms with E-state index in [1.165, 1.54) is 12.1 Å². The van der Waals surface area contributed by atoms with Crippen molar-refractivity contribution < 1.29 is 13.9 Å². The molecule has 0 saturated heterocycles. The van der Waals surface area contributed by atoms with Crippen molar-refractivity contribution in [1.82, 2.24) is 20.9 Å². The molecule has 1 rings (SSSR count). The zero-order valence-corrected chi connectivity index (χ0v) is 21.6. The maximum absolute atomic E-state index is 13.6. The van der Waals surface area contributed by atoms with Gasteiger partial charge in [0.1, 0.15) is 11.4 Å². The molecule has 1 aromatic carbocycles. The number of hydrogen-bond acceptors (Lipinski definition) is 4. The number of carbonyl (C=O) groups is 1. The van der Waals surface area contributed by atoms with Crippen molar-refractivity contribution >= 4 is 36.0 Å². The lowest BCUT2D eigenvalue weighted by atomic mass is 10.1. The van der Waals surface area contributed by atoms with Crippen LogP contribution in [-0.4, -0.2) is 62.3 Å². The van der Waals surface area contributed by atoms with Gasteiger partial charge >= 0.3 is 6.09 Å². The highest BCUT2D eigenvalue weighted by molar-refractivity contribution is 14.0. The number of halogens is 2. The Hall–Kier alpha value is -1.62. The van der Waals surface area contributed by atoms with Gasteiger partial charge in [0.05, 0.1) is 11.6 Å². The summed E-state index contributed by atoms with van der Waals surface area (Å²) in [6, 6.07) is 6.55. The van der Waals surface area contributed by atoms with Gasteiger partial charge in [0.25, 0.3) is 0 Å². The molecule has 1 unspecified atom stereocenters. The Morgan fingerprint density at radius 3 is 2.33 bits per heavy atom. The quantitative estimate of drug-likeness (QED) is 0.282. The Labute approximate surface area is 197 Å². The molecule has 0 aromatic heterocycles. The van der Waals surface area contributed by atoms with E-state index in [2.05, 4.69) is 20.9 Å². The van der Waals surface area contributed by atoms with Crippen LogP contribution in [0.2, 0.25) is 0 Å². The van der Waals surface area contributed by atoms with Gasteiger partial charge in [-0.15, -0.1) is 24.0 Å². The lowest BCUT2D eigenvalue weighted by Gasteiger charge is -2.30. The third-order valence-electron chi connectivity index (χ3n) is 4.08. The topological polar surface area (TPSA) is 78.0 Å². The predicted octanol–water partition coefficient (Wildman–Crippen LogP) is 3.51. The molecule has 9 heteroatoms. The molecule has 30 heavy (non-hydrogen) atoms. The van der Waals surface area contributed by atoms with Crippen LogP contribution in [0.1, 0.15) is 46.2 Å². The first-order valence-electron chi connectivity index (χ1n) is 9.70. The molecule has 0 aliphatic rings. The van der Waals surface area contributed by atoms with E-state index in [9.17, 15) is 9.18 Å². The molecule has 1 aromatic rings. The number of benzene rings is 1. The van der Waals surface area contributed by atoms with Crippen molar-refractivity contribution in [3.8, 4) is 0 Å². The minimum absolute atomic E-state index is 0. The highest BCUT2D eigenvalue weighted by Crippen LogP contribution is 2.18. The molecule has 0 saturated carbocycles. The van der Waals surface area contributed by atoms with Crippen LogP contribution >= 0.6 is 24.0 Å². The van der Waals surface area contributed by atoms with Gasteiger partial charge in [-0.2, -0.15) is 0 Å². The molecule has 172 valence electrons. The van der Waals surface area contributed by atoms with Crippen LogP contribution in [0.4, 0.5) is 9.18 Å². The summed E-state index contributed by atoms with van der Waals surface area (Å²) in [6.07, 6.45) is -0.467. The highest BCUT2D eigenvalue weighted by atomic mass is 127. The molecule has 0 radical (unpaired) electrons. The van der Waals surface area contributed by atoms with Crippen LogP contribution in [0.25, 0.3) is 0 Å². The lowest BCUT2D eigenvalue weighted by Crippen LogP contribution is -2.54. The number of amides is 1. The number of guanidine groups is 1. The van der Waals surface area contributed by atoms with Crippen LogP contribution in [0.5, 0.6) is 0 Å². The van der Waals surface area contributed by atoms with Crippen LogP contribution < -0.4 is 16.0 Å². The Balaban J connectivity index is 0.00000841. The number of likely N-dealkylation sites (N-methyl/N-ethyl adjacent to an activating group) is 1. The van der Waals surface area contributed by atoms with Crippen LogP contribution in [0.15, 0.2) is 29.3 Å². The third-order valence-corrected chi connectivity index (χ3v) is 4.08. The van der Waals surface area contributed by atoms with Crippen LogP contribution in [0.3, 0.4) is 0 Å². The van der Waals surface area contributed by atoms with Crippen molar-refractivity contribution in [2.75, 3.05) is 34.2 Å². The molecule has 0 bridgehead atoms. The summed E-state index contributed by atoms with van der Waals surface area (Å²) in [5, 5.41) is 9.33. The molecule has 0 heterocycles. The molecule has 1 atom stereocenters. The number of aliphatic imine (C=N–C) groups is 1. The van der Waals surface area contributed by atoms with Crippen molar-refractivity contribution in [3.05, 3.63) is 35.6 Å². The van der Waals surface area contributed by atoms with Gasteiger partial charge in [0.2, 0.25) is 0 Å². The summed E-state index contributed by atoms with van der Waals surface area (Å²) in [4.78, 5) is 18.3. The van der Waals surface area contributed by atoms with E-state index in [1.807, 2.05) is 59.7 Å². The molecular weight excluding hydrogens is 500 g/mol. The monoisotopic (exact) mass is 537 g/mol. The van der Waals surface area contributed by atoms with E-state index in [1.54, 1.807) is 13.1 Å². The van der Waals surface area contributed by atoms with Crippen molar-refractivity contribution in [2.45, 2.75) is 51.8 Å². The van der Waals surface area contributed by atoms with Gasteiger partial charge in [-0.25, -0.2) is 9.18 Å². The zero-order valence-electron chi connectivity index (χ0n) is 19.3. The summed E-state index contributed by atoms with van der Waals surface area (Å²) in [5.74, 6) is 0.333. The summed E-state index contributed by atoms with van der Waals surface area (Å²) in [5.41, 5.74) is -0.225. The first-order chi connectivity index (χ1) is 13.3. The van der Waals surface area contributed by atoms with Gasteiger partial charge in [-0.05, 0) is 66.4 Å². The average molecular weight is 537 g/mol. The number of nitrogens with one attached hydrogen (secondary N) is 3. The predicted molar refractivity (Wildman–Crippen MR) is 131 cm³/mol. The fraction of sp³-hybridized carbons (Fsp3) is 0.619. The maximum atomic E-state index is 13.6. The number of nitrogens with zero attached hydrogens (tertiary/aromatic N) is 2. The lowest BCUT2D eigenvalue weighted by molar-refractivity contribution is 0.0474. The first kappa shape index (κ1) is 28.4. The van der Waals surface area contributed by atoms with E-state index < -0.39 is 17.2 Å². The SMILES string of the molecule is CN=C(NCC(c1cccc(F)c1)N(C)C)NCC(C)(C)NC(=O)OC(C)(C)C.I. The average Bonchev–Trinajstić information content (AvgIpc) is 2.55. The smallest absolute Gasteiger partial charge is 0.408 e. The Kier molecular flexibility index (Phi) is 11.6. The second-order valence-corrected chi connectivity index (χ2v) is 8.85. The van der Waals surface area contributed by atoms with Gasteiger partial charge in [0, 0.05) is 20.1 Å². The second kappa shape index (κ2) is 12.3. The van der Waals surface area contributed by atoms with Crippen LogP contribution in [-0.2, 0) is 4.74 Å². The van der Waals surface area contributed by atoms with E-state index in [-0.39, 0.29) is 35.8 Å². The third kappa shape index (κ3) is 11.0. The number of alkyl carbamates (subject to hydrolysis) is 1. The van der Waals surface area contributed by atoms with E-state index >= 15 is 0 Å². The molecule has 0 aliphatic heterocycles. The van der Waals surface area contributed by atoms with Gasteiger partial charge < -0.3 is 25.6 Å². The molecule has 0 spiro atoms. The molecule has 0 fully saturated rings. The highest BCUT2D eigenvalue weighted by Gasteiger charge is 2.25. The van der Waals surface area contributed by atoms with Gasteiger partial charge in [-0.3, -0.25) is 4.99 Å². The van der Waals surface area contributed by atoms with Gasteiger partial charge in [0.15, 0.2) is 5.96 Å². The van der Waals surface area contributed by atoms with Crippen molar-refractivity contribution in [3.63, 3.8) is 0 Å². The number of hydrogen-bond donors (Lipinski definition) is 3. The Morgan fingerprint density at radius 2 is 1.83 bits per heavy atom. The number of rotatable bonds is 7. The van der Waals surface area contributed by atoms with Crippen molar-refractivity contribution in [1.29, 1.82) is 0 Å². The Morgan fingerprint density at radius 1 is 1.20 bits per heavy atom. The van der Waals surface area contributed by atoms with E-state index in [0.717, 1.165) is 5.56 Å². The molecular formula is C21H37FIN5O2. The fourth-order valence-electron chi connectivity index (χ4n) is 2.66. The molecule has 7 nitrogen and oxygen atoms in total. The fourth-order valence-corrected chi connectivity index (χ4v) is 2.66. The van der Waals surface area contributed by atoms with E-state index in [0.29, 0.717) is 19.0 Å². The molecule has 3 N–H and O–H groups in total. The Bertz CT molecular complexity index is 705. The molecule has 0 aliphatic carbocycles. The largest absolute Gasteiger partial charge is 0.444 e. The minimum Gasteiger partial charge on any atom is -0.444 e.